The minimum Gasteiger partial charge on any atom is -0.482 e. The van der Waals surface area contributed by atoms with Crippen LogP contribution in [0.3, 0.4) is 0 Å². The summed E-state index contributed by atoms with van der Waals surface area (Å²) in [5, 5.41) is 3.36. The predicted molar refractivity (Wildman–Crippen MR) is 77.5 cm³/mol. The highest BCUT2D eigenvalue weighted by molar-refractivity contribution is 5.38. The Kier molecular flexibility index (Phi) is 3.92. The molecule has 1 N–H and O–H groups in total. The molecule has 0 saturated heterocycles. The minimum atomic E-state index is -0.0569. The number of rotatable bonds is 5. The summed E-state index contributed by atoms with van der Waals surface area (Å²) in [6.07, 6.45) is 3.73. The number of nitrogens with zero attached hydrogens (tertiary/aromatic N) is 2. The van der Waals surface area contributed by atoms with E-state index in [-0.39, 0.29) is 6.10 Å². The molecule has 1 aromatic carbocycles. The second-order valence-electron chi connectivity index (χ2n) is 5.00. The smallest absolute Gasteiger partial charge is 0.169 e. The minimum absolute atomic E-state index is 0.0569. The predicted octanol–water partition coefficient (Wildman–Crippen LogP) is 2.65. The second kappa shape index (κ2) is 6.01. The first kappa shape index (κ1) is 13.1. The van der Waals surface area contributed by atoms with Gasteiger partial charge in [-0.25, -0.2) is 9.97 Å². The van der Waals surface area contributed by atoms with Crippen molar-refractivity contribution in [2.75, 3.05) is 6.54 Å². The van der Waals surface area contributed by atoms with Crippen LogP contribution in [0.15, 0.2) is 36.5 Å². The van der Waals surface area contributed by atoms with Crippen molar-refractivity contribution < 1.29 is 4.74 Å². The molecule has 0 radical (unpaired) electrons. The van der Waals surface area contributed by atoms with Crippen molar-refractivity contribution in [2.24, 2.45) is 0 Å². The first-order valence-corrected chi connectivity index (χ1v) is 7.14. The lowest BCUT2D eigenvalue weighted by Crippen LogP contribution is -2.17. The third kappa shape index (κ3) is 2.80. The summed E-state index contributed by atoms with van der Waals surface area (Å²) < 4.78 is 5.93. The van der Waals surface area contributed by atoms with Gasteiger partial charge in [-0.3, -0.25) is 0 Å². The number of benzene rings is 1. The van der Waals surface area contributed by atoms with Crippen molar-refractivity contribution in [2.45, 2.75) is 32.4 Å². The fourth-order valence-corrected chi connectivity index (χ4v) is 2.39. The van der Waals surface area contributed by atoms with E-state index < -0.39 is 0 Å². The zero-order chi connectivity index (χ0) is 13.8. The van der Waals surface area contributed by atoms with Crippen molar-refractivity contribution in [3.63, 3.8) is 0 Å². The van der Waals surface area contributed by atoms with Gasteiger partial charge >= 0.3 is 0 Å². The van der Waals surface area contributed by atoms with E-state index in [2.05, 4.69) is 28.3 Å². The molecule has 0 amide bonds. The van der Waals surface area contributed by atoms with E-state index in [1.807, 2.05) is 30.5 Å². The largest absolute Gasteiger partial charge is 0.482 e. The molecular weight excluding hydrogens is 250 g/mol. The molecule has 1 aromatic heterocycles. The quantitative estimate of drug-likeness (QED) is 0.848. The molecule has 3 rings (SSSR count). The summed E-state index contributed by atoms with van der Waals surface area (Å²) in [5.74, 6) is 1.73. The Morgan fingerprint density at radius 3 is 3.05 bits per heavy atom. The van der Waals surface area contributed by atoms with Crippen LogP contribution in [0.4, 0.5) is 0 Å². The van der Waals surface area contributed by atoms with E-state index in [9.17, 15) is 0 Å². The molecule has 0 saturated carbocycles. The van der Waals surface area contributed by atoms with Gasteiger partial charge in [-0.05, 0) is 30.7 Å². The number of para-hydroxylation sites is 1. The van der Waals surface area contributed by atoms with Crippen LogP contribution >= 0.6 is 0 Å². The van der Waals surface area contributed by atoms with Gasteiger partial charge < -0.3 is 10.1 Å². The van der Waals surface area contributed by atoms with Crippen molar-refractivity contribution in [3.05, 3.63) is 53.6 Å². The van der Waals surface area contributed by atoms with Crippen LogP contribution in [-0.4, -0.2) is 16.5 Å². The first-order chi connectivity index (χ1) is 9.86. The van der Waals surface area contributed by atoms with Gasteiger partial charge in [0, 0.05) is 19.2 Å². The third-order valence-corrected chi connectivity index (χ3v) is 3.40. The molecule has 4 heteroatoms. The fourth-order valence-electron chi connectivity index (χ4n) is 2.39. The maximum absolute atomic E-state index is 5.93. The van der Waals surface area contributed by atoms with Gasteiger partial charge in [0.1, 0.15) is 5.75 Å². The summed E-state index contributed by atoms with van der Waals surface area (Å²) in [4.78, 5) is 8.98. The van der Waals surface area contributed by atoms with Crippen molar-refractivity contribution in [3.8, 4) is 5.75 Å². The molecule has 0 spiro atoms. The highest BCUT2D eigenvalue weighted by atomic mass is 16.5. The van der Waals surface area contributed by atoms with Gasteiger partial charge in [0.2, 0.25) is 0 Å². The maximum atomic E-state index is 5.93. The number of hydrogen-bond acceptors (Lipinski definition) is 4. The lowest BCUT2D eigenvalue weighted by Gasteiger charge is -2.10. The summed E-state index contributed by atoms with van der Waals surface area (Å²) >= 11 is 0. The van der Waals surface area contributed by atoms with Crippen molar-refractivity contribution >= 4 is 0 Å². The second-order valence-corrected chi connectivity index (χ2v) is 5.00. The van der Waals surface area contributed by atoms with E-state index in [4.69, 9.17) is 4.74 Å². The SMILES string of the molecule is CCCNCc1ccnc(C2Cc3ccccc3O2)n1. The molecule has 20 heavy (non-hydrogen) atoms. The summed E-state index contributed by atoms with van der Waals surface area (Å²) in [6, 6.07) is 10.1. The molecular formula is C16H19N3O. The maximum Gasteiger partial charge on any atom is 0.169 e. The van der Waals surface area contributed by atoms with Crippen LogP contribution in [0.1, 0.15) is 36.5 Å². The number of ether oxygens (including phenoxy) is 1. The van der Waals surface area contributed by atoms with Crippen molar-refractivity contribution in [1.29, 1.82) is 0 Å². The zero-order valence-electron chi connectivity index (χ0n) is 11.7. The highest BCUT2D eigenvalue weighted by Gasteiger charge is 2.26. The molecule has 0 aliphatic carbocycles. The monoisotopic (exact) mass is 269 g/mol. The Balaban J connectivity index is 1.71. The van der Waals surface area contributed by atoms with Gasteiger partial charge in [0.05, 0.1) is 5.69 Å². The van der Waals surface area contributed by atoms with Gasteiger partial charge in [0.25, 0.3) is 0 Å². The Morgan fingerprint density at radius 2 is 2.20 bits per heavy atom. The van der Waals surface area contributed by atoms with Gasteiger partial charge in [-0.15, -0.1) is 0 Å². The van der Waals surface area contributed by atoms with E-state index in [1.165, 1.54) is 5.56 Å². The molecule has 0 bridgehead atoms. The average molecular weight is 269 g/mol. The Hall–Kier alpha value is -1.94. The van der Waals surface area contributed by atoms with Gasteiger partial charge in [0.15, 0.2) is 11.9 Å². The lowest BCUT2D eigenvalue weighted by molar-refractivity contribution is 0.227. The van der Waals surface area contributed by atoms with Gasteiger partial charge in [-0.2, -0.15) is 0 Å². The molecule has 1 atom stereocenters. The number of aromatic nitrogens is 2. The standard InChI is InChI=1S/C16H19N3O/c1-2-8-17-11-13-7-9-18-16(19-13)15-10-12-5-3-4-6-14(12)20-15/h3-7,9,15,17H,2,8,10-11H2,1H3. The summed E-state index contributed by atoms with van der Waals surface area (Å²) in [6.45, 7) is 3.94. The number of fused-ring (bicyclic) bond motifs is 1. The Bertz CT molecular complexity index is 560. The normalized spacial score (nSPS) is 16.8. The average Bonchev–Trinajstić information content (AvgIpc) is 2.92. The molecule has 0 fully saturated rings. The Morgan fingerprint density at radius 1 is 1.30 bits per heavy atom. The first-order valence-electron chi connectivity index (χ1n) is 7.14. The molecule has 4 nitrogen and oxygen atoms in total. The lowest BCUT2D eigenvalue weighted by atomic mass is 10.1. The van der Waals surface area contributed by atoms with Crippen LogP contribution < -0.4 is 10.1 Å². The molecule has 2 aromatic rings. The van der Waals surface area contributed by atoms with Crippen LogP contribution in [0.25, 0.3) is 0 Å². The molecule has 1 aliphatic rings. The van der Waals surface area contributed by atoms with Crippen LogP contribution in [0.5, 0.6) is 5.75 Å². The number of nitrogens with one attached hydrogen (secondary N) is 1. The van der Waals surface area contributed by atoms with Crippen LogP contribution in [-0.2, 0) is 13.0 Å². The molecule has 2 heterocycles. The van der Waals surface area contributed by atoms with E-state index in [0.717, 1.165) is 43.2 Å². The van der Waals surface area contributed by atoms with Crippen molar-refractivity contribution in [1.82, 2.24) is 15.3 Å². The van der Waals surface area contributed by atoms with Crippen LogP contribution in [0.2, 0.25) is 0 Å². The van der Waals surface area contributed by atoms with E-state index >= 15 is 0 Å². The topological polar surface area (TPSA) is 47.0 Å². The van der Waals surface area contributed by atoms with E-state index in [1.54, 1.807) is 0 Å². The Labute approximate surface area is 119 Å². The third-order valence-electron chi connectivity index (χ3n) is 3.40. The van der Waals surface area contributed by atoms with E-state index in [0.29, 0.717) is 0 Å². The number of hydrogen-bond donors (Lipinski definition) is 1. The molecule has 1 unspecified atom stereocenters. The zero-order valence-corrected chi connectivity index (χ0v) is 11.7. The summed E-state index contributed by atoms with van der Waals surface area (Å²) in [5.41, 5.74) is 2.25. The van der Waals surface area contributed by atoms with Crippen LogP contribution in [0, 0.1) is 0 Å². The molecule has 1 aliphatic heterocycles. The summed E-state index contributed by atoms with van der Waals surface area (Å²) in [7, 11) is 0. The van der Waals surface area contributed by atoms with Gasteiger partial charge in [-0.1, -0.05) is 25.1 Å². The molecule has 104 valence electrons. The fraction of sp³-hybridized carbons (Fsp3) is 0.375. The highest BCUT2D eigenvalue weighted by Crippen LogP contribution is 2.34.